The molecule has 25 heavy (non-hydrogen) atoms. The summed E-state index contributed by atoms with van der Waals surface area (Å²) < 4.78 is 0.947. The molecule has 0 bridgehead atoms. The van der Waals surface area contributed by atoms with Gasteiger partial charge < -0.3 is 16.4 Å². The number of nitrogens with two attached hydrogens (primary N) is 1. The van der Waals surface area contributed by atoms with Gasteiger partial charge in [0.1, 0.15) is 0 Å². The standard InChI is InChI=1S/C17H23N5O2S/c1-2-6-14(23)21-12(8-5-10-20-17(18)19)15(24)16-22-11-7-3-4-9-13(11)25-16/h3-4,7,9,12H,2,5-6,8,10H2,1H3,(H,21,23)(H4,18,19,20)/t12-/m0/s1. The molecular formula is C17H23N5O2S. The molecule has 134 valence electrons. The molecule has 0 radical (unpaired) electrons. The van der Waals surface area contributed by atoms with E-state index in [1.807, 2.05) is 31.2 Å². The lowest BCUT2D eigenvalue weighted by molar-refractivity contribution is -0.121. The van der Waals surface area contributed by atoms with Crippen molar-refractivity contribution >= 4 is 39.2 Å². The number of carbonyl (C=O) groups excluding carboxylic acids is 2. The van der Waals surface area contributed by atoms with E-state index in [4.69, 9.17) is 11.1 Å². The van der Waals surface area contributed by atoms with E-state index in [1.165, 1.54) is 11.3 Å². The van der Waals surface area contributed by atoms with Crippen molar-refractivity contribution in [3.05, 3.63) is 29.3 Å². The Morgan fingerprint density at radius 3 is 2.80 bits per heavy atom. The first kappa shape index (κ1) is 18.9. The zero-order chi connectivity index (χ0) is 18.2. The molecule has 2 aromatic rings. The lowest BCUT2D eigenvalue weighted by atomic mass is 10.1. The van der Waals surface area contributed by atoms with Crippen LogP contribution in [0.1, 0.15) is 42.4 Å². The maximum absolute atomic E-state index is 12.8. The van der Waals surface area contributed by atoms with Gasteiger partial charge in [-0.1, -0.05) is 19.1 Å². The molecule has 2 rings (SSSR count). The SMILES string of the molecule is CCCC(=O)N[C@@H](CCCNC(=N)N)C(=O)c1nc2ccccc2s1. The van der Waals surface area contributed by atoms with Crippen LogP contribution in [-0.2, 0) is 4.79 Å². The Bertz CT molecular complexity index is 725. The summed E-state index contributed by atoms with van der Waals surface area (Å²) in [5.74, 6) is -0.418. The number of fused-ring (bicyclic) bond motifs is 1. The van der Waals surface area contributed by atoms with E-state index in [-0.39, 0.29) is 17.6 Å². The second-order valence-corrected chi connectivity index (χ2v) is 6.73. The predicted molar refractivity (Wildman–Crippen MR) is 99.9 cm³/mol. The number of guanidine groups is 1. The van der Waals surface area contributed by atoms with Crippen LogP contribution in [0.15, 0.2) is 24.3 Å². The van der Waals surface area contributed by atoms with Gasteiger partial charge in [-0.05, 0) is 31.4 Å². The molecule has 0 saturated carbocycles. The summed E-state index contributed by atoms with van der Waals surface area (Å²) in [6.07, 6.45) is 2.17. The monoisotopic (exact) mass is 361 g/mol. The Hall–Kier alpha value is -2.48. The molecule has 1 aromatic carbocycles. The maximum Gasteiger partial charge on any atom is 0.220 e. The molecule has 1 aromatic heterocycles. The van der Waals surface area contributed by atoms with Gasteiger partial charge >= 0.3 is 0 Å². The molecule has 5 N–H and O–H groups in total. The minimum atomic E-state index is -0.617. The zero-order valence-electron chi connectivity index (χ0n) is 14.2. The van der Waals surface area contributed by atoms with Gasteiger partial charge in [-0.25, -0.2) is 4.98 Å². The lowest BCUT2D eigenvalue weighted by Crippen LogP contribution is -2.41. The van der Waals surface area contributed by atoms with E-state index in [9.17, 15) is 9.59 Å². The third-order valence-electron chi connectivity index (χ3n) is 3.62. The fourth-order valence-electron chi connectivity index (χ4n) is 2.42. The predicted octanol–water partition coefficient (Wildman–Crippen LogP) is 2.03. The maximum atomic E-state index is 12.8. The second-order valence-electron chi connectivity index (χ2n) is 5.70. The number of thiazole rings is 1. The molecule has 0 unspecified atom stereocenters. The molecule has 0 spiro atoms. The van der Waals surface area contributed by atoms with E-state index in [2.05, 4.69) is 15.6 Å². The third kappa shape index (κ3) is 5.53. The Balaban J connectivity index is 2.09. The van der Waals surface area contributed by atoms with Gasteiger partial charge in [0, 0.05) is 13.0 Å². The number of amides is 1. The number of hydrogen-bond donors (Lipinski definition) is 4. The number of nitrogens with zero attached hydrogens (tertiary/aromatic N) is 1. The van der Waals surface area contributed by atoms with Gasteiger partial charge in [-0.3, -0.25) is 15.0 Å². The highest BCUT2D eigenvalue weighted by Gasteiger charge is 2.24. The van der Waals surface area contributed by atoms with Crippen molar-refractivity contribution < 1.29 is 9.59 Å². The van der Waals surface area contributed by atoms with Gasteiger partial charge in [-0.15, -0.1) is 11.3 Å². The average molecular weight is 361 g/mol. The van der Waals surface area contributed by atoms with Gasteiger partial charge in [0.15, 0.2) is 11.0 Å². The number of Topliss-reactive ketones (excluding diaryl/α,β-unsaturated/α-hetero) is 1. The van der Waals surface area contributed by atoms with Gasteiger partial charge in [0.2, 0.25) is 11.7 Å². The van der Waals surface area contributed by atoms with Crippen molar-refractivity contribution in [1.29, 1.82) is 5.41 Å². The molecule has 1 heterocycles. The first-order valence-corrected chi connectivity index (χ1v) is 9.10. The zero-order valence-corrected chi connectivity index (χ0v) is 15.0. The van der Waals surface area contributed by atoms with Crippen LogP contribution < -0.4 is 16.4 Å². The number of ketones is 1. The quantitative estimate of drug-likeness (QED) is 0.236. The number of hydrogen-bond acceptors (Lipinski definition) is 5. The van der Waals surface area contributed by atoms with Crippen LogP contribution in [0.5, 0.6) is 0 Å². The Morgan fingerprint density at radius 2 is 2.12 bits per heavy atom. The van der Waals surface area contributed by atoms with Gasteiger partial charge in [0.05, 0.1) is 16.3 Å². The van der Waals surface area contributed by atoms with Crippen LogP contribution in [0, 0.1) is 5.41 Å². The molecule has 8 heteroatoms. The first-order chi connectivity index (χ1) is 12.0. The average Bonchev–Trinajstić information content (AvgIpc) is 3.01. The van der Waals surface area contributed by atoms with Gasteiger partial charge in [0.25, 0.3) is 0 Å². The van der Waals surface area contributed by atoms with Gasteiger partial charge in [-0.2, -0.15) is 0 Å². The van der Waals surface area contributed by atoms with E-state index < -0.39 is 6.04 Å². The molecule has 0 aliphatic carbocycles. The summed E-state index contributed by atoms with van der Waals surface area (Å²) in [6, 6.07) is 6.95. The summed E-state index contributed by atoms with van der Waals surface area (Å²) in [4.78, 5) is 29.2. The number of nitrogens with one attached hydrogen (secondary N) is 3. The Labute approximate surface area is 150 Å². The molecule has 0 saturated heterocycles. The highest BCUT2D eigenvalue weighted by Crippen LogP contribution is 2.23. The number of benzene rings is 1. The number of carbonyl (C=O) groups is 2. The summed E-state index contributed by atoms with van der Waals surface area (Å²) in [7, 11) is 0. The lowest BCUT2D eigenvalue weighted by Gasteiger charge is -2.16. The Kier molecular flexibility index (Phi) is 6.88. The summed E-state index contributed by atoms with van der Waals surface area (Å²) in [5, 5.41) is 13.1. The highest BCUT2D eigenvalue weighted by molar-refractivity contribution is 7.20. The largest absolute Gasteiger partial charge is 0.370 e. The highest BCUT2D eigenvalue weighted by atomic mass is 32.1. The number of para-hydroxylation sites is 1. The van der Waals surface area contributed by atoms with E-state index in [0.717, 1.165) is 16.6 Å². The number of rotatable bonds is 9. The molecule has 0 aliphatic heterocycles. The van der Waals surface area contributed by atoms with Crippen molar-refractivity contribution in [3.8, 4) is 0 Å². The van der Waals surface area contributed by atoms with Crippen LogP contribution >= 0.6 is 11.3 Å². The summed E-state index contributed by atoms with van der Waals surface area (Å²) in [5.41, 5.74) is 6.04. The van der Waals surface area contributed by atoms with Crippen molar-refractivity contribution in [2.45, 2.75) is 38.6 Å². The van der Waals surface area contributed by atoms with E-state index in [0.29, 0.717) is 30.8 Å². The van der Waals surface area contributed by atoms with Crippen molar-refractivity contribution in [2.24, 2.45) is 5.73 Å². The fourth-order valence-corrected chi connectivity index (χ4v) is 3.38. The topological polar surface area (TPSA) is 121 Å². The van der Waals surface area contributed by atoms with E-state index in [1.54, 1.807) is 0 Å². The van der Waals surface area contributed by atoms with Crippen LogP contribution in [-0.4, -0.2) is 35.2 Å². The summed E-state index contributed by atoms with van der Waals surface area (Å²) >= 11 is 1.34. The molecule has 0 aliphatic rings. The normalized spacial score (nSPS) is 11.9. The molecule has 7 nitrogen and oxygen atoms in total. The molecule has 1 atom stereocenters. The minimum Gasteiger partial charge on any atom is -0.370 e. The third-order valence-corrected chi connectivity index (χ3v) is 4.67. The minimum absolute atomic E-state index is 0.107. The molecule has 0 fully saturated rings. The fraction of sp³-hybridized carbons (Fsp3) is 0.412. The van der Waals surface area contributed by atoms with Crippen LogP contribution in [0.2, 0.25) is 0 Å². The van der Waals surface area contributed by atoms with Crippen molar-refractivity contribution in [3.63, 3.8) is 0 Å². The van der Waals surface area contributed by atoms with Crippen LogP contribution in [0.25, 0.3) is 10.2 Å². The summed E-state index contributed by atoms with van der Waals surface area (Å²) in [6.45, 7) is 2.39. The molecular weight excluding hydrogens is 338 g/mol. The van der Waals surface area contributed by atoms with E-state index >= 15 is 0 Å². The van der Waals surface area contributed by atoms with Crippen molar-refractivity contribution in [2.75, 3.05) is 6.54 Å². The number of aromatic nitrogens is 1. The second kappa shape index (κ2) is 9.12. The van der Waals surface area contributed by atoms with Crippen molar-refractivity contribution in [1.82, 2.24) is 15.6 Å². The van der Waals surface area contributed by atoms with Crippen LogP contribution in [0.3, 0.4) is 0 Å². The smallest absolute Gasteiger partial charge is 0.220 e. The van der Waals surface area contributed by atoms with Crippen LogP contribution in [0.4, 0.5) is 0 Å². The molecule has 1 amide bonds. The Morgan fingerprint density at radius 1 is 1.36 bits per heavy atom. The first-order valence-electron chi connectivity index (χ1n) is 8.28.